The van der Waals surface area contributed by atoms with E-state index in [9.17, 15) is 4.79 Å². The van der Waals surface area contributed by atoms with Crippen molar-refractivity contribution in [2.75, 3.05) is 0 Å². The molecule has 0 heterocycles. The van der Waals surface area contributed by atoms with Crippen LogP contribution < -0.4 is 11.1 Å². The Kier molecular flexibility index (Phi) is 5.29. The van der Waals surface area contributed by atoms with Crippen molar-refractivity contribution in [3.05, 3.63) is 35.4 Å². The minimum Gasteiger partial charge on any atom is -0.353 e. The fraction of sp³-hybridized carbons (Fsp3) is 0.667. The van der Waals surface area contributed by atoms with E-state index in [0.29, 0.717) is 18.0 Å². The van der Waals surface area contributed by atoms with E-state index in [1.54, 1.807) is 0 Å². The first-order valence-corrected chi connectivity index (χ1v) is 9.68. The minimum atomic E-state index is -0.310. The molecule has 2 saturated carbocycles. The summed E-state index contributed by atoms with van der Waals surface area (Å²) in [5, 5.41) is 3.36. The van der Waals surface area contributed by atoms with Gasteiger partial charge in [-0.05, 0) is 55.6 Å². The van der Waals surface area contributed by atoms with Gasteiger partial charge in [0.15, 0.2) is 0 Å². The summed E-state index contributed by atoms with van der Waals surface area (Å²) in [7, 11) is 0. The summed E-state index contributed by atoms with van der Waals surface area (Å²) in [6.07, 6.45) is 8.36. The lowest BCUT2D eigenvalue weighted by molar-refractivity contribution is -0.127. The predicted molar refractivity (Wildman–Crippen MR) is 99.1 cm³/mol. The van der Waals surface area contributed by atoms with Crippen LogP contribution in [0.3, 0.4) is 0 Å². The quantitative estimate of drug-likeness (QED) is 0.877. The largest absolute Gasteiger partial charge is 0.353 e. The van der Waals surface area contributed by atoms with Crippen LogP contribution in [0.25, 0.3) is 0 Å². The highest BCUT2D eigenvalue weighted by atomic mass is 16.2. The van der Waals surface area contributed by atoms with Crippen LogP contribution >= 0.6 is 0 Å². The number of amides is 1. The van der Waals surface area contributed by atoms with E-state index in [2.05, 4.69) is 43.4 Å². The molecule has 0 saturated heterocycles. The predicted octanol–water partition coefficient (Wildman–Crippen LogP) is 4.01. The number of hydrogen-bond donors (Lipinski definition) is 2. The smallest absolute Gasteiger partial charge is 0.230 e. The maximum Gasteiger partial charge on any atom is 0.230 e. The molecule has 0 aliphatic heterocycles. The first kappa shape index (κ1) is 17.5. The Hall–Kier alpha value is -1.35. The molecule has 3 nitrogen and oxygen atoms in total. The van der Waals surface area contributed by atoms with Crippen LogP contribution in [-0.2, 0) is 10.2 Å². The summed E-state index contributed by atoms with van der Waals surface area (Å²) < 4.78 is 0. The summed E-state index contributed by atoms with van der Waals surface area (Å²) in [6.45, 7) is 4.42. The zero-order chi connectivity index (χ0) is 17.2. The van der Waals surface area contributed by atoms with Crippen molar-refractivity contribution in [2.45, 2.75) is 88.6 Å². The standard InChI is InChI=1S/C21H32N2O/c1-15(2)16-5-7-17(8-6-16)21(13-3-4-14-21)20(24)23-19-11-9-18(22)10-12-19/h5-8,15,18-19H,3-4,9-14,22H2,1-2H3,(H,23,24). The van der Waals surface area contributed by atoms with Crippen LogP contribution in [0.5, 0.6) is 0 Å². The number of carbonyl (C=O) groups excluding carboxylic acids is 1. The topological polar surface area (TPSA) is 55.1 Å². The van der Waals surface area contributed by atoms with Gasteiger partial charge in [-0.15, -0.1) is 0 Å². The molecule has 0 atom stereocenters. The van der Waals surface area contributed by atoms with Crippen LogP contribution in [0, 0.1) is 0 Å². The highest BCUT2D eigenvalue weighted by Crippen LogP contribution is 2.42. The molecule has 0 aromatic heterocycles. The van der Waals surface area contributed by atoms with Crippen molar-refractivity contribution in [3.8, 4) is 0 Å². The molecule has 0 spiro atoms. The molecule has 3 heteroatoms. The SMILES string of the molecule is CC(C)c1ccc(C2(C(=O)NC3CCC(N)CC3)CCCC2)cc1. The Bertz CT molecular complexity index is 550. The highest BCUT2D eigenvalue weighted by Gasteiger charge is 2.43. The third-order valence-corrected chi connectivity index (χ3v) is 6.13. The van der Waals surface area contributed by atoms with E-state index >= 15 is 0 Å². The monoisotopic (exact) mass is 328 g/mol. The molecular weight excluding hydrogens is 296 g/mol. The lowest BCUT2D eigenvalue weighted by Crippen LogP contribution is -2.48. The van der Waals surface area contributed by atoms with Crippen LogP contribution in [-0.4, -0.2) is 18.0 Å². The Balaban J connectivity index is 1.76. The third kappa shape index (κ3) is 3.51. The van der Waals surface area contributed by atoms with Gasteiger partial charge in [0.1, 0.15) is 0 Å². The Morgan fingerprint density at radius 1 is 1.08 bits per heavy atom. The van der Waals surface area contributed by atoms with E-state index in [4.69, 9.17) is 5.73 Å². The van der Waals surface area contributed by atoms with Crippen molar-refractivity contribution in [1.29, 1.82) is 0 Å². The second-order valence-electron chi connectivity index (χ2n) is 8.15. The van der Waals surface area contributed by atoms with Crippen molar-refractivity contribution in [3.63, 3.8) is 0 Å². The first-order chi connectivity index (χ1) is 11.5. The first-order valence-electron chi connectivity index (χ1n) is 9.68. The van der Waals surface area contributed by atoms with Gasteiger partial charge in [0, 0.05) is 12.1 Å². The second kappa shape index (κ2) is 7.26. The van der Waals surface area contributed by atoms with Gasteiger partial charge in [-0.1, -0.05) is 51.0 Å². The molecule has 24 heavy (non-hydrogen) atoms. The number of carbonyl (C=O) groups is 1. The zero-order valence-electron chi connectivity index (χ0n) is 15.2. The average Bonchev–Trinajstić information content (AvgIpc) is 3.08. The summed E-state index contributed by atoms with van der Waals surface area (Å²) in [5.74, 6) is 0.775. The Labute approximate surface area is 146 Å². The van der Waals surface area contributed by atoms with Crippen LogP contribution in [0.1, 0.15) is 82.3 Å². The fourth-order valence-corrected chi connectivity index (χ4v) is 4.40. The normalized spacial score (nSPS) is 26.5. The molecule has 2 aliphatic rings. The van der Waals surface area contributed by atoms with Crippen LogP contribution in [0.2, 0.25) is 0 Å². The summed E-state index contributed by atoms with van der Waals surface area (Å²) in [5.41, 5.74) is 8.23. The van der Waals surface area contributed by atoms with Gasteiger partial charge in [0.2, 0.25) is 5.91 Å². The Morgan fingerprint density at radius 3 is 2.21 bits per heavy atom. The second-order valence-corrected chi connectivity index (χ2v) is 8.15. The van der Waals surface area contributed by atoms with Gasteiger partial charge in [-0.25, -0.2) is 0 Å². The number of nitrogens with one attached hydrogen (secondary N) is 1. The third-order valence-electron chi connectivity index (χ3n) is 6.13. The van der Waals surface area contributed by atoms with E-state index < -0.39 is 0 Å². The van der Waals surface area contributed by atoms with Gasteiger partial charge in [-0.3, -0.25) is 4.79 Å². The molecule has 1 aromatic carbocycles. The number of rotatable bonds is 4. The Morgan fingerprint density at radius 2 is 1.67 bits per heavy atom. The lowest BCUT2D eigenvalue weighted by Gasteiger charge is -2.33. The van der Waals surface area contributed by atoms with E-state index in [0.717, 1.165) is 51.4 Å². The molecule has 3 N–H and O–H groups in total. The van der Waals surface area contributed by atoms with Gasteiger partial charge < -0.3 is 11.1 Å². The average molecular weight is 329 g/mol. The summed E-state index contributed by atoms with van der Waals surface area (Å²) >= 11 is 0. The highest BCUT2D eigenvalue weighted by molar-refractivity contribution is 5.88. The van der Waals surface area contributed by atoms with Crippen molar-refractivity contribution in [1.82, 2.24) is 5.32 Å². The van der Waals surface area contributed by atoms with E-state index in [-0.39, 0.29) is 11.3 Å². The van der Waals surface area contributed by atoms with Gasteiger partial charge >= 0.3 is 0 Å². The summed E-state index contributed by atoms with van der Waals surface area (Å²) in [6, 6.07) is 9.42. The minimum absolute atomic E-state index is 0.248. The molecule has 0 unspecified atom stereocenters. The van der Waals surface area contributed by atoms with Crippen molar-refractivity contribution >= 4 is 5.91 Å². The lowest BCUT2D eigenvalue weighted by atomic mass is 9.77. The molecule has 1 amide bonds. The number of nitrogens with two attached hydrogens (primary N) is 1. The zero-order valence-corrected chi connectivity index (χ0v) is 15.2. The molecule has 132 valence electrons. The van der Waals surface area contributed by atoms with Crippen LogP contribution in [0.4, 0.5) is 0 Å². The maximum atomic E-state index is 13.2. The van der Waals surface area contributed by atoms with Gasteiger partial charge in [0.05, 0.1) is 5.41 Å². The number of hydrogen-bond acceptors (Lipinski definition) is 2. The molecule has 2 fully saturated rings. The number of benzene rings is 1. The van der Waals surface area contributed by atoms with Gasteiger partial charge in [-0.2, -0.15) is 0 Å². The van der Waals surface area contributed by atoms with E-state index in [1.165, 1.54) is 11.1 Å². The van der Waals surface area contributed by atoms with E-state index in [1.807, 2.05) is 0 Å². The summed E-state index contributed by atoms with van der Waals surface area (Å²) in [4.78, 5) is 13.2. The molecule has 3 rings (SSSR count). The van der Waals surface area contributed by atoms with Crippen LogP contribution in [0.15, 0.2) is 24.3 Å². The molecule has 2 aliphatic carbocycles. The molecular formula is C21H32N2O. The maximum absolute atomic E-state index is 13.2. The molecule has 1 aromatic rings. The van der Waals surface area contributed by atoms with Crippen molar-refractivity contribution < 1.29 is 4.79 Å². The van der Waals surface area contributed by atoms with Crippen molar-refractivity contribution in [2.24, 2.45) is 5.73 Å². The molecule has 0 radical (unpaired) electrons. The molecule has 0 bridgehead atoms. The van der Waals surface area contributed by atoms with Gasteiger partial charge in [0.25, 0.3) is 0 Å². The fourth-order valence-electron chi connectivity index (χ4n) is 4.40.